The van der Waals surface area contributed by atoms with Gasteiger partial charge in [0.2, 0.25) is 0 Å². The maximum atomic E-state index is 3.59. The summed E-state index contributed by atoms with van der Waals surface area (Å²) in [4.78, 5) is 1.48. The standard InChI is InChI=1S/C12H21NS/c1-5-9(2)8-13-11(4)12-10(3)6-7-14-12/h6-7,9,11,13H,5,8H2,1-4H3. The van der Waals surface area contributed by atoms with Crippen molar-refractivity contribution in [1.82, 2.24) is 5.32 Å². The minimum atomic E-state index is 0.504. The first-order valence-electron chi connectivity index (χ1n) is 5.42. The summed E-state index contributed by atoms with van der Waals surface area (Å²) in [5.41, 5.74) is 1.42. The summed E-state index contributed by atoms with van der Waals surface area (Å²) in [6, 6.07) is 2.70. The fourth-order valence-electron chi connectivity index (χ4n) is 1.44. The maximum Gasteiger partial charge on any atom is 0.0388 e. The molecule has 80 valence electrons. The molecular formula is C12H21NS. The highest BCUT2D eigenvalue weighted by molar-refractivity contribution is 7.10. The highest BCUT2D eigenvalue weighted by Crippen LogP contribution is 2.23. The second-order valence-corrected chi connectivity index (χ2v) is 5.06. The van der Waals surface area contributed by atoms with Crippen LogP contribution in [0.3, 0.4) is 0 Å². The molecule has 0 fully saturated rings. The molecule has 0 saturated carbocycles. The van der Waals surface area contributed by atoms with E-state index in [0.717, 1.165) is 12.5 Å². The predicted octanol–water partition coefficient (Wildman–Crippen LogP) is 3.75. The van der Waals surface area contributed by atoms with Gasteiger partial charge in [0.1, 0.15) is 0 Å². The first-order valence-corrected chi connectivity index (χ1v) is 6.30. The molecular weight excluding hydrogens is 190 g/mol. The second kappa shape index (κ2) is 5.52. The Hall–Kier alpha value is -0.340. The molecule has 2 unspecified atom stereocenters. The molecule has 1 heterocycles. The average molecular weight is 211 g/mol. The number of aryl methyl sites for hydroxylation is 1. The van der Waals surface area contributed by atoms with E-state index in [-0.39, 0.29) is 0 Å². The van der Waals surface area contributed by atoms with Crippen LogP contribution in [0.4, 0.5) is 0 Å². The normalized spacial score (nSPS) is 15.4. The molecule has 1 nitrogen and oxygen atoms in total. The third-order valence-corrected chi connectivity index (χ3v) is 3.97. The SMILES string of the molecule is CCC(C)CNC(C)c1sccc1C. The van der Waals surface area contributed by atoms with Crippen molar-refractivity contribution >= 4 is 11.3 Å². The van der Waals surface area contributed by atoms with Gasteiger partial charge in [-0.15, -0.1) is 11.3 Å². The van der Waals surface area contributed by atoms with Crippen molar-refractivity contribution in [3.8, 4) is 0 Å². The van der Waals surface area contributed by atoms with Crippen molar-refractivity contribution < 1.29 is 0 Å². The van der Waals surface area contributed by atoms with Crippen LogP contribution in [0, 0.1) is 12.8 Å². The summed E-state index contributed by atoms with van der Waals surface area (Å²) < 4.78 is 0. The van der Waals surface area contributed by atoms with E-state index in [1.807, 2.05) is 11.3 Å². The highest BCUT2D eigenvalue weighted by Gasteiger charge is 2.09. The first-order chi connectivity index (χ1) is 6.65. The number of thiophene rings is 1. The minimum absolute atomic E-state index is 0.504. The van der Waals surface area contributed by atoms with Crippen LogP contribution in [-0.4, -0.2) is 6.54 Å². The van der Waals surface area contributed by atoms with Crippen molar-refractivity contribution in [2.45, 2.75) is 40.2 Å². The van der Waals surface area contributed by atoms with Gasteiger partial charge in [-0.1, -0.05) is 20.3 Å². The molecule has 0 aliphatic carbocycles. The third kappa shape index (κ3) is 3.10. The van der Waals surface area contributed by atoms with Crippen LogP contribution in [0.5, 0.6) is 0 Å². The van der Waals surface area contributed by atoms with E-state index < -0.39 is 0 Å². The Bertz CT molecular complexity index is 267. The quantitative estimate of drug-likeness (QED) is 0.782. The predicted molar refractivity (Wildman–Crippen MR) is 64.9 cm³/mol. The Kier molecular flexibility index (Phi) is 4.63. The van der Waals surface area contributed by atoms with Gasteiger partial charge in [-0.25, -0.2) is 0 Å². The summed E-state index contributed by atoms with van der Waals surface area (Å²) in [7, 11) is 0. The van der Waals surface area contributed by atoms with Gasteiger partial charge in [-0.2, -0.15) is 0 Å². The average Bonchev–Trinajstić information content (AvgIpc) is 2.60. The number of rotatable bonds is 5. The molecule has 0 amide bonds. The fraction of sp³-hybridized carbons (Fsp3) is 0.667. The lowest BCUT2D eigenvalue weighted by molar-refractivity contribution is 0.463. The smallest absolute Gasteiger partial charge is 0.0388 e. The van der Waals surface area contributed by atoms with Crippen molar-refractivity contribution in [1.29, 1.82) is 0 Å². The third-order valence-electron chi connectivity index (χ3n) is 2.76. The molecule has 0 aliphatic rings. The minimum Gasteiger partial charge on any atom is -0.309 e. The molecule has 0 radical (unpaired) electrons. The van der Waals surface area contributed by atoms with Crippen LogP contribution < -0.4 is 5.32 Å². The van der Waals surface area contributed by atoms with E-state index in [2.05, 4.69) is 44.5 Å². The molecule has 0 bridgehead atoms. The molecule has 1 N–H and O–H groups in total. The molecule has 0 aliphatic heterocycles. The zero-order valence-electron chi connectivity index (χ0n) is 9.63. The monoisotopic (exact) mass is 211 g/mol. The fourth-order valence-corrected chi connectivity index (χ4v) is 2.40. The van der Waals surface area contributed by atoms with E-state index in [9.17, 15) is 0 Å². The maximum absolute atomic E-state index is 3.59. The van der Waals surface area contributed by atoms with Crippen molar-refractivity contribution in [3.05, 3.63) is 21.9 Å². The summed E-state index contributed by atoms with van der Waals surface area (Å²) >= 11 is 1.85. The topological polar surface area (TPSA) is 12.0 Å². The van der Waals surface area contributed by atoms with Gasteiger partial charge in [0.15, 0.2) is 0 Å². The molecule has 0 saturated heterocycles. The van der Waals surface area contributed by atoms with E-state index in [4.69, 9.17) is 0 Å². The van der Waals surface area contributed by atoms with Gasteiger partial charge in [-0.3, -0.25) is 0 Å². The first kappa shape index (κ1) is 11.7. The number of hydrogen-bond donors (Lipinski definition) is 1. The van der Waals surface area contributed by atoms with Crippen LogP contribution in [0.2, 0.25) is 0 Å². The molecule has 2 heteroatoms. The summed E-state index contributed by atoms with van der Waals surface area (Å²) in [6.07, 6.45) is 1.25. The summed E-state index contributed by atoms with van der Waals surface area (Å²) in [6.45, 7) is 10.1. The van der Waals surface area contributed by atoms with Crippen LogP contribution in [-0.2, 0) is 0 Å². The zero-order chi connectivity index (χ0) is 10.6. The second-order valence-electron chi connectivity index (χ2n) is 4.11. The van der Waals surface area contributed by atoms with Gasteiger partial charge < -0.3 is 5.32 Å². The van der Waals surface area contributed by atoms with Crippen molar-refractivity contribution in [3.63, 3.8) is 0 Å². The summed E-state index contributed by atoms with van der Waals surface area (Å²) in [5, 5.41) is 5.76. The lowest BCUT2D eigenvalue weighted by atomic mass is 10.1. The highest BCUT2D eigenvalue weighted by atomic mass is 32.1. The lowest BCUT2D eigenvalue weighted by Gasteiger charge is -2.16. The Morgan fingerprint density at radius 1 is 1.43 bits per heavy atom. The Labute approximate surface area is 91.5 Å². The van der Waals surface area contributed by atoms with Crippen LogP contribution >= 0.6 is 11.3 Å². The largest absolute Gasteiger partial charge is 0.309 e. The van der Waals surface area contributed by atoms with Crippen LogP contribution in [0.1, 0.15) is 43.7 Å². The van der Waals surface area contributed by atoms with Crippen molar-refractivity contribution in [2.75, 3.05) is 6.54 Å². The van der Waals surface area contributed by atoms with E-state index >= 15 is 0 Å². The Morgan fingerprint density at radius 2 is 2.14 bits per heavy atom. The van der Waals surface area contributed by atoms with Gasteiger partial charge in [0, 0.05) is 10.9 Å². The number of hydrogen-bond acceptors (Lipinski definition) is 2. The Morgan fingerprint density at radius 3 is 2.64 bits per heavy atom. The van der Waals surface area contributed by atoms with Crippen LogP contribution in [0.15, 0.2) is 11.4 Å². The molecule has 0 spiro atoms. The lowest BCUT2D eigenvalue weighted by Crippen LogP contribution is -2.23. The van der Waals surface area contributed by atoms with Gasteiger partial charge in [0.25, 0.3) is 0 Å². The molecule has 0 aromatic carbocycles. The molecule has 2 atom stereocenters. The van der Waals surface area contributed by atoms with Crippen LogP contribution in [0.25, 0.3) is 0 Å². The van der Waals surface area contributed by atoms with E-state index in [1.54, 1.807) is 0 Å². The van der Waals surface area contributed by atoms with Gasteiger partial charge >= 0.3 is 0 Å². The van der Waals surface area contributed by atoms with E-state index in [0.29, 0.717) is 6.04 Å². The summed E-state index contributed by atoms with van der Waals surface area (Å²) in [5.74, 6) is 0.776. The van der Waals surface area contributed by atoms with E-state index in [1.165, 1.54) is 16.9 Å². The number of nitrogens with one attached hydrogen (secondary N) is 1. The molecule has 1 aromatic rings. The van der Waals surface area contributed by atoms with Crippen molar-refractivity contribution in [2.24, 2.45) is 5.92 Å². The zero-order valence-corrected chi connectivity index (χ0v) is 10.4. The van der Waals surface area contributed by atoms with Gasteiger partial charge in [-0.05, 0) is 43.3 Å². The molecule has 14 heavy (non-hydrogen) atoms. The Balaban J connectivity index is 2.43. The molecule has 1 rings (SSSR count). The molecule has 1 aromatic heterocycles. The van der Waals surface area contributed by atoms with Gasteiger partial charge in [0.05, 0.1) is 0 Å².